The minimum atomic E-state index is 0.0424. The van der Waals surface area contributed by atoms with Gasteiger partial charge in [-0.2, -0.15) is 4.98 Å². The van der Waals surface area contributed by atoms with Crippen molar-refractivity contribution in [2.45, 2.75) is 19.4 Å². The quantitative estimate of drug-likeness (QED) is 0.600. The third-order valence-corrected chi connectivity index (χ3v) is 4.55. The van der Waals surface area contributed by atoms with Gasteiger partial charge in [-0.05, 0) is 47.7 Å². The van der Waals surface area contributed by atoms with Crippen molar-refractivity contribution in [3.63, 3.8) is 0 Å². The SMILES string of the molecule is CC1Cc2c(Oc3cccc(I)c3)cc3nc(N)nc(N)c3c2O1. The first-order chi connectivity index (χ1) is 11.5. The number of fused-ring (bicyclic) bond motifs is 3. The van der Waals surface area contributed by atoms with Crippen molar-refractivity contribution in [1.82, 2.24) is 9.97 Å². The molecule has 0 spiro atoms. The van der Waals surface area contributed by atoms with Gasteiger partial charge in [0.2, 0.25) is 5.95 Å². The largest absolute Gasteiger partial charge is 0.489 e. The minimum Gasteiger partial charge on any atom is -0.489 e. The topological polar surface area (TPSA) is 96.3 Å². The number of nitrogens with two attached hydrogens (primary N) is 2. The Hall–Kier alpha value is -2.29. The van der Waals surface area contributed by atoms with Gasteiger partial charge in [-0.15, -0.1) is 0 Å². The van der Waals surface area contributed by atoms with Crippen LogP contribution < -0.4 is 20.9 Å². The Morgan fingerprint density at radius 2 is 2.08 bits per heavy atom. The normalized spacial score (nSPS) is 16.0. The molecule has 4 rings (SSSR count). The van der Waals surface area contributed by atoms with Gasteiger partial charge in [-0.25, -0.2) is 4.98 Å². The molecule has 3 aromatic rings. The lowest BCUT2D eigenvalue weighted by Crippen LogP contribution is -2.06. The van der Waals surface area contributed by atoms with Crippen molar-refractivity contribution in [1.29, 1.82) is 0 Å². The summed E-state index contributed by atoms with van der Waals surface area (Å²) in [7, 11) is 0. The van der Waals surface area contributed by atoms with E-state index in [0.29, 0.717) is 28.2 Å². The molecule has 1 aliphatic heterocycles. The number of nitrogens with zero attached hydrogens (tertiary/aromatic N) is 2. The molecule has 1 unspecified atom stereocenters. The Balaban J connectivity index is 1.91. The number of nitrogen functional groups attached to an aromatic ring is 2. The molecule has 1 aromatic heterocycles. The molecule has 2 heterocycles. The third kappa shape index (κ3) is 2.58. The summed E-state index contributed by atoms with van der Waals surface area (Å²) in [4.78, 5) is 8.34. The number of anilines is 2. The molecule has 24 heavy (non-hydrogen) atoms. The second kappa shape index (κ2) is 5.66. The molecule has 122 valence electrons. The number of benzene rings is 2. The maximum Gasteiger partial charge on any atom is 0.222 e. The van der Waals surface area contributed by atoms with E-state index >= 15 is 0 Å². The monoisotopic (exact) mass is 434 g/mol. The van der Waals surface area contributed by atoms with Crippen molar-refractivity contribution in [2.75, 3.05) is 11.5 Å². The summed E-state index contributed by atoms with van der Waals surface area (Å²) in [6, 6.07) is 9.71. The number of hydrogen-bond acceptors (Lipinski definition) is 6. The van der Waals surface area contributed by atoms with Crippen LogP contribution in [0.1, 0.15) is 12.5 Å². The first kappa shape index (κ1) is 15.3. The molecular formula is C17H15IN4O2. The summed E-state index contributed by atoms with van der Waals surface area (Å²) in [5.74, 6) is 2.62. The maximum atomic E-state index is 6.11. The van der Waals surface area contributed by atoms with Gasteiger partial charge in [0.1, 0.15) is 29.2 Å². The first-order valence-corrected chi connectivity index (χ1v) is 8.58. The smallest absolute Gasteiger partial charge is 0.222 e. The van der Waals surface area contributed by atoms with E-state index in [-0.39, 0.29) is 12.1 Å². The number of aromatic nitrogens is 2. The second-order valence-corrected chi connectivity index (χ2v) is 6.98. The first-order valence-electron chi connectivity index (χ1n) is 7.50. The van der Waals surface area contributed by atoms with Crippen LogP contribution in [0.5, 0.6) is 17.2 Å². The van der Waals surface area contributed by atoms with Gasteiger partial charge in [0.05, 0.1) is 10.9 Å². The van der Waals surface area contributed by atoms with Crippen LogP contribution >= 0.6 is 22.6 Å². The zero-order valence-corrected chi connectivity index (χ0v) is 15.1. The van der Waals surface area contributed by atoms with Gasteiger partial charge in [-0.3, -0.25) is 0 Å². The molecule has 1 aliphatic rings. The van der Waals surface area contributed by atoms with Crippen LogP contribution in [0.2, 0.25) is 0 Å². The highest BCUT2D eigenvalue weighted by molar-refractivity contribution is 14.1. The minimum absolute atomic E-state index is 0.0424. The van der Waals surface area contributed by atoms with E-state index in [1.807, 2.05) is 37.3 Å². The highest BCUT2D eigenvalue weighted by Crippen LogP contribution is 2.45. The van der Waals surface area contributed by atoms with Gasteiger partial charge in [0.25, 0.3) is 0 Å². The van der Waals surface area contributed by atoms with E-state index in [0.717, 1.165) is 21.3 Å². The Morgan fingerprint density at radius 3 is 2.88 bits per heavy atom. The highest BCUT2D eigenvalue weighted by atomic mass is 127. The Labute approximate surface area is 152 Å². The molecule has 7 heteroatoms. The van der Waals surface area contributed by atoms with E-state index in [4.69, 9.17) is 20.9 Å². The summed E-state index contributed by atoms with van der Waals surface area (Å²) >= 11 is 2.25. The summed E-state index contributed by atoms with van der Waals surface area (Å²) < 4.78 is 13.2. The van der Waals surface area contributed by atoms with Crippen molar-refractivity contribution in [2.24, 2.45) is 0 Å². The standard InChI is InChI=1S/C17H15IN4O2/c1-8-5-11-13(24-10-4-2-3-9(18)6-10)7-12-14(15(11)23-8)16(19)22-17(20)21-12/h2-4,6-8H,5H2,1H3,(H4,19,20,21,22). The number of halogens is 1. The Morgan fingerprint density at radius 1 is 1.25 bits per heavy atom. The molecule has 0 fully saturated rings. The molecule has 6 nitrogen and oxygen atoms in total. The van der Waals surface area contributed by atoms with E-state index in [2.05, 4.69) is 32.6 Å². The van der Waals surface area contributed by atoms with Gasteiger partial charge < -0.3 is 20.9 Å². The van der Waals surface area contributed by atoms with Crippen LogP contribution in [0.4, 0.5) is 11.8 Å². The van der Waals surface area contributed by atoms with E-state index in [9.17, 15) is 0 Å². The van der Waals surface area contributed by atoms with E-state index in [1.54, 1.807) is 0 Å². The molecule has 0 saturated carbocycles. The van der Waals surface area contributed by atoms with Crippen molar-refractivity contribution in [3.05, 3.63) is 39.5 Å². The van der Waals surface area contributed by atoms with Gasteiger partial charge in [-0.1, -0.05) is 6.07 Å². The van der Waals surface area contributed by atoms with Gasteiger partial charge in [0.15, 0.2) is 0 Å². The predicted octanol–water partition coefficient (Wildman–Crippen LogP) is 3.51. The summed E-state index contributed by atoms with van der Waals surface area (Å²) in [5.41, 5.74) is 13.4. The maximum absolute atomic E-state index is 6.11. The van der Waals surface area contributed by atoms with Crippen LogP contribution in [0.25, 0.3) is 10.9 Å². The summed E-state index contributed by atoms with van der Waals surface area (Å²) in [5, 5.41) is 0.693. The molecule has 2 aromatic carbocycles. The van der Waals surface area contributed by atoms with Crippen LogP contribution in [-0.4, -0.2) is 16.1 Å². The van der Waals surface area contributed by atoms with Crippen LogP contribution in [-0.2, 0) is 6.42 Å². The Bertz CT molecular complexity index is 961. The average Bonchev–Trinajstić information content (AvgIpc) is 2.88. The van der Waals surface area contributed by atoms with Crippen LogP contribution in [0.15, 0.2) is 30.3 Å². The summed E-state index contributed by atoms with van der Waals surface area (Å²) in [6.07, 6.45) is 0.787. The fraction of sp³-hybridized carbons (Fsp3) is 0.176. The average molecular weight is 434 g/mol. The lowest BCUT2D eigenvalue weighted by atomic mass is 10.1. The lowest BCUT2D eigenvalue weighted by Gasteiger charge is -2.13. The fourth-order valence-corrected chi connectivity index (χ4v) is 3.44. The molecular weight excluding hydrogens is 419 g/mol. The molecule has 0 bridgehead atoms. The summed E-state index contributed by atoms with van der Waals surface area (Å²) in [6.45, 7) is 2.01. The van der Waals surface area contributed by atoms with Gasteiger partial charge >= 0.3 is 0 Å². The predicted molar refractivity (Wildman–Crippen MR) is 101 cm³/mol. The van der Waals surface area contributed by atoms with E-state index < -0.39 is 0 Å². The van der Waals surface area contributed by atoms with Crippen LogP contribution in [0.3, 0.4) is 0 Å². The second-order valence-electron chi connectivity index (χ2n) is 5.74. The van der Waals surface area contributed by atoms with Crippen LogP contribution in [0, 0.1) is 3.57 Å². The third-order valence-electron chi connectivity index (χ3n) is 3.88. The number of ether oxygens (including phenoxy) is 2. The molecule has 0 aliphatic carbocycles. The van der Waals surface area contributed by atoms with Crippen molar-refractivity contribution in [3.8, 4) is 17.2 Å². The molecule has 0 saturated heterocycles. The van der Waals surface area contributed by atoms with E-state index in [1.165, 1.54) is 0 Å². The zero-order chi connectivity index (χ0) is 16.8. The fourth-order valence-electron chi connectivity index (χ4n) is 2.93. The molecule has 0 amide bonds. The Kier molecular flexibility index (Phi) is 3.60. The molecule has 0 radical (unpaired) electrons. The number of hydrogen-bond donors (Lipinski definition) is 2. The molecule has 4 N–H and O–H groups in total. The molecule has 1 atom stereocenters. The van der Waals surface area contributed by atoms with Gasteiger partial charge in [0, 0.05) is 21.6 Å². The van der Waals surface area contributed by atoms with Crippen molar-refractivity contribution < 1.29 is 9.47 Å². The number of rotatable bonds is 2. The highest BCUT2D eigenvalue weighted by Gasteiger charge is 2.28. The lowest BCUT2D eigenvalue weighted by molar-refractivity contribution is 0.257. The van der Waals surface area contributed by atoms with Crippen molar-refractivity contribution >= 4 is 45.3 Å². The zero-order valence-electron chi connectivity index (χ0n) is 12.9.